The van der Waals surface area contributed by atoms with Gasteiger partial charge >= 0.3 is 0 Å². The number of amides is 1. The van der Waals surface area contributed by atoms with Crippen LogP contribution in [0.25, 0.3) is 5.65 Å². The minimum atomic E-state index is -0.372. The van der Waals surface area contributed by atoms with Crippen LogP contribution in [-0.4, -0.2) is 46.1 Å². The van der Waals surface area contributed by atoms with E-state index in [4.69, 9.17) is 9.47 Å². The lowest BCUT2D eigenvalue weighted by atomic mass is 10.1. The Morgan fingerprint density at radius 3 is 2.97 bits per heavy atom. The molecule has 0 saturated carbocycles. The van der Waals surface area contributed by atoms with Crippen LogP contribution in [0.4, 0.5) is 0 Å². The van der Waals surface area contributed by atoms with Crippen LogP contribution >= 0.6 is 11.3 Å². The van der Waals surface area contributed by atoms with Crippen LogP contribution in [0.2, 0.25) is 0 Å². The molecule has 0 unspecified atom stereocenters. The van der Waals surface area contributed by atoms with Crippen LogP contribution in [0.15, 0.2) is 77.2 Å². The van der Waals surface area contributed by atoms with Crippen molar-refractivity contribution >= 4 is 22.9 Å². The Morgan fingerprint density at radius 1 is 1.20 bits per heavy atom. The van der Waals surface area contributed by atoms with Crippen molar-refractivity contribution in [2.24, 2.45) is 0 Å². The molecule has 3 aromatic heterocycles. The molecule has 35 heavy (non-hydrogen) atoms. The van der Waals surface area contributed by atoms with Crippen LogP contribution < -0.4 is 10.3 Å². The van der Waals surface area contributed by atoms with Crippen LogP contribution in [0, 0.1) is 0 Å². The molecule has 0 bridgehead atoms. The van der Waals surface area contributed by atoms with E-state index < -0.39 is 0 Å². The Bertz CT molecular complexity index is 1350. The Kier molecular flexibility index (Phi) is 7.20. The largest absolute Gasteiger partial charge is 0.493 e. The van der Waals surface area contributed by atoms with Crippen molar-refractivity contribution in [3.05, 3.63) is 98.7 Å². The van der Waals surface area contributed by atoms with Crippen molar-refractivity contribution < 1.29 is 14.3 Å². The highest BCUT2D eigenvalue weighted by atomic mass is 32.1. The standard InChI is InChI=1S/C27H27N3O4S/c31-26(24-17-28-25-10-1-2-12-30(25)27(24)32)29(19-22-8-4-13-33-22)18-20-6-3-7-21(16-20)34-14-11-23-9-5-15-35-23/h1-3,5-7,9-10,12,15-17,22H,4,8,11,13-14,18-19H2/t22-/m0/s1. The van der Waals surface area contributed by atoms with Gasteiger partial charge in [-0.2, -0.15) is 0 Å². The number of aromatic nitrogens is 2. The van der Waals surface area contributed by atoms with Gasteiger partial charge < -0.3 is 14.4 Å². The lowest BCUT2D eigenvalue weighted by Gasteiger charge is -2.25. The zero-order valence-corrected chi connectivity index (χ0v) is 20.2. The van der Waals surface area contributed by atoms with E-state index in [0.717, 1.165) is 30.6 Å². The summed E-state index contributed by atoms with van der Waals surface area (Å²) in [6, 6.07) is 17.2. The molecule has 1 atom stereocenters. The molecule has 1 fully saturated rings. The predicted molar refractivity (Wildman–Crippen MR) is 135 cm³/mol. The molecular formula is C27H27N3O4S. The quantitative estimate of drug-likeness (QED) is 0.352. The number of hydrogen-bond donors (Lipinski definition) is 0. The first-order valence-corrected chi connectivity index (χ1v) is 12.7. The number of thiophene rings is 1. The van der Waals surface area contributed by atoms with Crippen molar-refractivity contribution in [3.8, 4) is 5.75 Å². The van der Waals surface area contributed by atoms with E-state index in [2.05, 4.69) is 16.4 Å². The van der Waals surface area contributed by atoms with Crippen molar-refractivity contribution in [2.45, 2.75) is 31.9 Å². The summed E-state index contributed by atoms with van der Waals surface area (Å²) in [6.45, 7) is 2.04. The molecule has 1 amide bonds. The molecule has 7 nitrogen and oxygen atoms in total. The summed E-state index contributed by atoms with van der Waals surface area (Å²) < 4.78 is 13.2. The molecule has 0 aliphatic carbocycles. The van der Waals surface area contributed by atoms with Crippen molar-refractivity contribution in [1.82, 2.24) is 14.3 Å². The Morgan fingerprint density at radius 2 is 2.14 bits per heavy atom. The lowest BCUT2D eigenvalue weighted by Crippen LogP contribution is -2.40. The van der Waals surface area contributed by atoms with Gasteiger partial charge in [0.15, 0.2) is 0 Å². The first kappa shape index (κ1) is 23.3. The maximum atomic E-state index is 13.6. The first-order valence-electron chi connectivity index (χ1n) is 11.8. The first-order chi connectivity index (χ1) is 17.2. The topological polar surface area (TPSA) is 73.1 Å². The number of benzene rings is 1. The van der Waals surface area contributed by atoms with Crippen molar-refractivity contribution in [2.75, 3.05) is 19.8 Å². The van der Waals surface area contributed by atoms with Crippen molar-refractivity contribution in [3.63, 3.8) is 0 Å². The molecule has 0 radical (unpaired) electrons. The Hall–Kier alpha value is -3.49. The minimum absolute atomic E-state index is 0.0413. The molecule has 1 saturated heterocycles. The van der Waals surface area contributed by atoms with E-state index >= 15 is 0 Å². The summed E-state index contributed by atoms with van der Waals surface area (Å²) in [5.41, 5.74) is 1.12. The van der Waals surface area contributed by atoms with Gasteiger partial charge in [-0.1, -0.05) is 24.3 Å². The van der Waals surface area contributed by atoms with Gasteiger partial charge in [-0.25, -0.2) is 4.98 Å². The normalized spacial score (nSPS) is 15.4. The molecule has 1 aliphatic heterocycles. The van der Waals surface area contributed by atoms with Crippen LogP contribution in [-0.2, 0) is 17.7 Å². The number of hydrogen-bond acceptors (Lipinski definition) is 6. The molecule has 180 valence electrons. The minimum Gasteiger partial charge on any atom is -0.493 e. The fourth-order valence-corrected chi connectivity index (χ4v) is 4.97. The summed E-state index contributed by atoms with van der Waals surface area (Å²) in [4.78, 5) is 33.9. The number of carbonyl (C=O) groups excluding carboxylic acids is 1. The third-order valence-electron chi connectivity index (χ3n) is 6.05. The van der Waals surface area contributed by atoms with Gasteiger partial charge in [0, 0.05) is 43.4 Å². The average molecular weight is 490 g/mol. The van der Waals surface area contributed by atoms with E-state index in [1.165, 1.54) is 15.5 Å². The van der Waals surface area contributed by atoms with Gasteiger partial charge in [0.25, 0.3) is 11.5 Å². The average Bonchev–Trinajstić information content (AvgIpc) is 3.59. The van der Waals surface area contributed by atoms with Crippen molar-refractivity contribution in [1.29, 1.82) is 0 Å². The van der Waals surface area contributed by atoms with E-state index in [0.29, 0.717) is 32.0 Å². The van der Waals surface area contributed by atoms with Crippen LogP contribution in [0.5, 0.6) is 5.75 Å². The van der Waals surface area contributed by atoms with E-state index in [1.54, 1.807) is 34.6 Å². The highest BCUT2D eigenvalue weighted by molar-refractivity contribution is 7.09. The maximum Gasteiger partial charge on any atom is 0.270 e. The SMILES string of the molecule is O=C(c1cnc2ccccn2c1=O)N(Cc1cccc(OCCc2cccs2)c1)C[C@@H]1CCCO1. The summed E-state index contributed by atoms with van der Waals surface area (Å²) in [6.07, 6.45) is 5.69. The zero-order chi connectivity index (χ0) is 24.0. The second kappa shape index (κ2) is 10.8. The molecule has 0 spiro atoms. The maximum absolute atomic E-state index is 13.6. The number of ether oxygens (including phenoxy) is 2. The van der Waals surface area contributed by atoms with Gasteiger partial charge in [0.2, 0.25) is 0 Å². The van der Waals surface area contributed by atoms with Crippen LogP contribution in [0.1, 0.15) is 33.6 Å². The van der Waals surface area contributed by atoms with Gasteiger partial charge in [0.05, 0.1) is 12.7 Å². The highest BCUT2D eigenvalue weighted by Gasteiger charge is 2.26. The molecule has 8 heteroatoms. The summed E-state index contributed by atoms with van der Waals surface area (Å²) in [7, 11) is 0. The Labute approximate surface area is 207 Å². The van der Waals surface area contributed by atoms with Gasteiger partial charge in [0.1, 0.15) is 17.0 Å². The zero-order valence-electron chi connectivity index (χ0n) is 19.3. The van der Waals surface area contributed by atoms with Gasteiger partial charge in [-0.15, -0.1) is 11.3 Å². The number of pyridine rings is 1. The fraction of sp³-hybridized carbons (Fsp3) is 0.296. The number of rotatable bonds is 9. The molecule has 0 N–H and O–H groups in total. The summed E-state index contributed by atoms with van der Waals surface area (Å²) in [5, 5.41) is 2.06. The molecule has 1 aromatic carbocycles. The summed E-state index contributed by atoms with van der Waals surface area (Å²) >= 11 is 1.72. The third kappa shape index (κ3) is 5.61. The second-order valence-electron chi connectivity index (χ2n) is 8.55. The molecule has 1 aliphatic rings. The van der Waals surface area contributed by atoms with E-state index in [-0.39, 0.29) is 23.1 Å². The van der Waals surface area contributed by atoms with Gasteiger partial charge in [-0.05, 0) is 54.1 Å². The molecule has 4 heterocycles. The van der Waals surface area contributed by atoms with E-state index in [9.17, 15) is 9.59 Å². The molecule has 5 rings (SSSR count). The Balaban J connectivity index is 1.35. The fourth-order valence-electron chi connectivity index (χ4n) is 4.28. The van der Waals surface area contributed by atoms with E-state index in [1.807, 2.05) is 36.4 Å². The second-order valence-corrected chi connectivity index (χ2v) is 9.58. The number of fused-ring (bicyclic) bond motifs is 1. The smallest absolute Gasteiger partial charge is 0.270 e. The lowest BCUT2D eigenvalue weighted by molar-refractivity contribution is 0.0505. The van der Waals surface area contributed by atoms with Gasteiger partial charge in [-0.3, -0.25) is 14.0 Å². The number of carbonyl (C=O) groups is 1. The van der Waals surface area contributed by atoms with Crippen LogP contribution in [0.3, 0.4) is 0 Å². The predicted octanol–water partition coefficient (Wildman–Crippen LogP) is 4.20. The monoisotopic (exact) mass is 489 g/mol. The third-order valence-corrected chi connectivity index (χ3v) is 6.98. The number of nitrogens with zero attached hydrogens (tertiary/aromatic N) is 3. The molecule has 4 aromatic rings. The highest BCUT2D eigenvalue weighted by Crippen LogP contribution is 2.20. The molecular weight excluding hydrogens is 462 g/mol. The summed E-state index contributed by atoms with van der Waals surface area (Å²) in [5.74, 6) is 0.413.